The van der Waals surface area contributed by atoms with E-state index in [4.69, 9.17) is 15.1 Å². The highest BCUT2D eigenvalue weighted by Gasteiger charge is 2.23. The molecule has 3 N–H and O–H groups in total. The quantitative estimate of drug-likeness (QED) is 0.405. The maximum Gasteiger partial charge on any atom is 0.298 e. The van der Waals surface area contributed by atoms with Crippen LogP contribution in [0.2, 0.25) is 0 Å². The lowest BCUT2D eigenvalue weighted by Crippen LogP contribution is -2.44. The summed E-state index contributed by atoms with van der Waals surface area (Å²) in [7, 11) is 2.13. The molecule has 11 heteroatoms. The van der Waals surface area contributed by atoms with E-state index in [2.05, 4.69) is 37.0 Å². The smallest absolute Gasteiger partial charge is 0.298 e. The summed E-state index contributed by atoms with van der Waals surface area (Å²) in [5.41, 5.74) is 10.0. The van der Waals surface area contributed by atoms with Crippen LogP contribution >= 0.6 is 11.3 Å². The standard InChI is InChI=1S/C26H30N8O2S/c1-32-9-11-34(12-10-32)26-31-19-13-21(33-7-3-2-4-8-33)18(14-22(19)36-26)29-24(35)20-16-37-25(30-20)17-5-6-23(27)28-15-17/h5-6,13-16H,2-4,7-12H2,1H3,(H2,27,28)(H,29,35). The zero-order chi connectivity index (χ0) is 25.4. The number of oxazole rings is 1. The third-order valence-corrected chi connectivity index (χ3v) is 7.87. The van der Waals surface area contributed by atoms with Crippen LogP contribution in [0.4, 0.5) is 23.2 Å². The number of piperidine rings is 1. The van der Waals surface area contributed by atoms with Gasteiger partial charge in [-0.2, -0.15) is 4.98 Å². The second-order valence-corrected chi connectivity index (χ2v) is 10.5. The Morgan fingerprint density at radius 3 is 2.59 bits per heavy atom. The van der Waals surface area contributed by atoms with Gasteiger partial charge >= 0.3 is 0 Å². The van der Waals surface area contributed by atoms with Gasteiger partial charge in [-0.1, -0.05) is 0 Å². The van der Waals surface area contributed by atoms with E-state index in [9.17, 15) is 4.79 Å². The summed E-state index contributed by atoms with van der Waals surface area (Å²) in [6.07, 6.45) is 5.14. The predicted molar refractivity (Wildman–Crippen MR) is 147 cm³/mol. The average molecular weight is 519 g/mol. The second-order valence-electron chi connectivity index (χ2n) is 9.64. The average Bonchev–Trinajstić information content (AvgIpc) is 3.57. The number of carbonyl (C=O) groups is 1. The molecule has 6 rings (SSSR count). The van der Waals surface area contributed by atoms with Crippen LogP contribution in [0.15, 0.2) is 40.3 Å². The number of nitrogen functional groups attached to an aromatic ring is 1. The van der Waals surface area contributed by atoms with Crippen LogP contribution < -0.4 is 20.9 Å². The normalized spacial score (nSPS) is 16.9. The van der Waals surface area contributed by atoms with Gasteiger partial charge in [0.25, 0.3) is 11.9 Å². The van der Waals surface area contributed by atoms with Gasteiger partial charge in [0.1, 0.15) is 22.0 Å². The van der Waals surface area contributed by atoms with Crippen LogP contribution in [0.1, 0.15) is 29.8 Å². The molecule has 5 heterocycles. The maximum absolute atomic E-state index is 13.3. The van der Waals surface area contributed by atoms with Gasteiger partial charge in [-0.3, -0.25) is 4.79 Å². The minimum atomic E-state index is -0.262. The van der Waals surface area contributed by atoms with Crippen molar-refractivity contribution in [3.8, 4) is 10.6 Å². The van der Waals surface area contributed by atoms with E-state index >= 15 is 0 Å². The fourth-order valence-corrected chi connectivity index (χ4v) is 5.60. The zero-order valence-electron chi connectivity index (χ0n) is 20.8. The van der Waals surface area contributed by atoms with E-state index in [0.717, 1.165) is 73.9 Å². The van der Waals surface area contributed by atoms with Gasteiger partial charge in [-0.15, -0.1) is 11.3 Å². The molecule has 0 bridgehead atoms. The number of hydrogen-bond donors (Lipinski definition) is 2. The molecule has 0 unspecified atom stereocenters. The van der Waals surface area contributed by atoms with Crippen molar-refractivity contribution in [2.24, 2.45) is 0 Å². The number of nitrogens with zero attached hydrogens (tertiary/aromatic N) is 6. The van der Waals surface area contributed by atoms with Crippen LogP contribution in [0.5, 0.6) is 0 Å². The first-order chi connectivity index (χ1) is 18.0. The van der Waals surface area contributed by atoms with Crippen molar-refractivity contribution in [3.05, 3.63) is 41.5 Å². The molecule has 4 aromatic rings. The van der Waals surface area contributed by atoms with Gasteiger partial charge in [-0.05, 0) is 44.5 Å². The molecule has 2 aliphatic rings. The SMILES string of the molecule is CN1CCN(c2nc3cc(N4CCCCC4)c(NC(=O)c4csc(-c5ccc(N)nc5)n4)cc3o2)CC1. The van der Waals surface area contributed by atoms with E-state index in [1.54, 1.807) is 17.6 Å². The number of amides is 1. The summed E-state index contributed by atoms with van der Waals surface area (Å²) in [4.78, 5) is 33.6. The highest BCUT2D eigenvalue weighted by molar-refractivity contribution is 7.13. The molecule has 10 nitrogen and oxygen atoms in total. The van der Waals surface area contributed by atoms with Crippen LogP contribution in [-0.2, 0) is 0 Å². The zero-order valence-corrected chi connectivity index (χ0v) is 21.6. The number of anilines is 4. The summed E-state index contributed by atoms with van der Waals surface area (Å²) in [6.45, 7) is 5.59. The summed E-state index contributed by atoms with van der Waals surface area (Å²) in [5.74, 6) is 0.185. The van der Waals surface area contributed by atoms with Gasteiger partial charge in [0.15, 0.2) is 5.58 Å². The van der Waals surface area contributed by atoms with Crippen molar-refractivity contribution < 1.29 is 9.21 Å². The molecule has 0 spiro atoms. The van der Waals surface area contributed by atoms with Crippen molar-refractivity contribution in [1.82, 2.24) is 19.9 Å². The molecule has 0 radical (unpaired) electrons. The van der Waals surface area contributed by atoms with E-state index in [1.807, 2.05) is 18.2 Å². The van der Waals surface area contributed by atoms with Crippen LogP contribution in [0.3, 0.4) is 0 Å². The largest absolute Gasteiger partial charge is 0.423 e. The van der Waals surface area contributed by atoms with E-state index in [1.165, 1.54) is 17.8 Å². The molecule has 2 fully saturated rings. The Balaban J connectivity index is 1.30. The number of carbonyl (C=O) groups excluding carboxylic acids is 1. The van der Waals surface area contributed by atoms with Gasteiger partial charge in [0.05, 0.1) is 11.4 Å². The number of thiazole rings is 1. The molecular formula is C26H30N8O2S. The molecule has 1 aromatic carbocycles. The molecule has 192 valence electrons. The molecule has 2 aliphatic heterocycles. The lowest BCUT2D eigenvalue weighted by atomic mass is 10.1. The van der Waals surface area contributed by atoms with Crippen LogP contribution in [0.25, 0.3) is 21.7 Å². The Bertz CT molecular complexity index is 1400. The van der Waals surface area contributed by atoms with Gasteiger partial charge in [-0.25, -0.2) is 9.97 Å². The lowest BCUT2D eigenvalue weighted by molar-refractivity contribution is 0.102. The Labute approximate surface area is 219 Å². The molecule has 37 heavy (non-hydrogen) atoms. The summed E-state index contributed by atoms with van der Waals surface area (Å²) >= 11 is 1.40. The number of benzene rings is 1. The highest BCUT2D eigenvalue weighted by Crippen LogP contribution is 2.35. The van der Waals surface area contributed by atoms with Crippen LogP contribution in [-0.4, -0.2) is 72.1 Å². The molecule has 2 saturated heterocycles. The fourth-order valence-electron chi connectivity index (χ4n) is 4.81. The van der Waals surface area contributed by atoms with Crippen molar-refractivity contribution in [1.29, 1.82) is 0 Å². The van der Waals surface area contributed by atoms with Crippen molar-refractivity contribution >= 4 is 51.6 Å². The first-order valence-corrected chi connectivity index (χ1v) is 13.5. The Morgan fingerprint density at radius 2 is 1.84 bits per heavy atom. The molecule has 3 aromatic heterocycles. The number of rotatable bonds is 5. The lowest BCUT2D eigenvalue weighted by Gasteiger charge is -2.31. The molecular weight excluding hydrogens is 488 g/mol. The third-order valence-electron chi connectivity index (χ3n) is 6.98. The minimum Gasteiger partial charge on any atom is -0.423 e. The molecule has 1 amide bonds. The first kappa shape index (κ1) is 23.7. The number of piperazine rings is 1. The summed E-state index contributed by atoms with van der Waals surface area (Å²) in [5, 5.41) is 5.59. The molecule has 0 saturated carbocycles. The van der Waals surface area contributed by atoms with Crippen molar-refractivity contribution in [2.45, 2.75) is 19.3 Å². The number of nitrogens with one attached hydrogen (secondary N) is 1. The number of pyridine rings is 1. The van der Waals surface area contributed by atoms with Gasteiger partial charge in [0, 0.05) is 62.5 Å². The van der Waals surface area contributed by atoms with E-state index in [-0.39, 0.29) is 5.91 Å². The number of nitrogens with two attached hydrogens (primary N) is 1. The monoisotopic (exact) mass is 518 g/mol. The van der Waals surface area contributed by atoms with Gasteiger partial charge < -0.3 is 30.2 Å². The van der Waals surface area contributed by atoms with Crippen molar-refractivity contribution in [2.75, 3.05) is 67.2 Å². The number of aromatic nitrogens is 3. The number of likely N-dealkylation sites (N-methyl/N-ethyl adjacent to an activating group) is 1. The maximum atomic E-state index is 13.3. The minimum absolute atomic E-state index is 0.262. The Morgan fingerprint density at radius 1 is 1.03 bits per heavy atom. The summed E-state index contributed by atoms with van der Waals surface area (Å²) < 4.78 is 6.18. The number of hydrogen-bond acceptors (Lipinski definition) is 10. The van der Waals surface area contributed by atoms with Gasteiger partial charge in [0.2, 0.25) is 0 Å². The molecule has 0 atom stereocenters. The Hall–Kier alpha value is -3.70. The predicted octanol–water partition coefficient (Wildman–Crippen LogP) is 3.92. The summed E-state index contributed by atoms with van der Waals surface area (Å²) in [6, 6.07) is 8.17. The molecule has 0 aliphatic carbocycles. The second kappa shape index (κ2) is 9.98. The van der Waals surface area contributed by atoms with E-state index in [0.29, 0.717) is 28.8 Å². The highest BCUT2D eigenvalue weighted by atomic mass is 32.1. The first-order valence-electron chi connectivity index (χ1n) is 12.7. The Kier molecular flexibility index (Phi) is 6.39. The van der Waals surface area contributed by atoms with E-state index < -0.39 is 0 Å². The topological polar surface area (TPSA) is 117 Å². The number of fused-ring (bicyclic) bond motifs is 1. The fraction of sp³-hybridized carbons (Fsp3) is 0.385. The van der Waals surface area contributed by atoms with Crippen LogP contribution in [0, 0.1) is 0 Å². The third kappa shape index (κ3) is 4.96. The van der Waals surface area contributed by atoms with Crippen molar-refractivity contribution in [3.63, 3.8) is 0 Å².